The first-order valence-corrected chi connectivity index (χ1v) is 7.60. The molecule has 2 aromatic rings. The van der Waals surface area contributed by atoms with Crippen molar-refractivity contribution < 1.29 is 9.53 Å². The van der Waals surface area contributed by atoms with E-state index in [1.165, 1.54) is 0 Å². The van der Waals surface area contributed by atoms with Crippen molar-refractivity contribution in [2.24, 2.45) is 0 Å². The molecule has 0 aromatic heterocycles. The standard InChI is InChI=1S/C17H16BrNO2/c1-19-15-6-4-3-5-13(15)14(17(19)20)10-11-9-12(18)7-8-16(11)21-2/h3-9,14H,10H2,1-2H3/t14-/m0/s1. The number of anilines is 1. The molecule has 0 radical (unpaired) electrons. The summed E-state index contributed by atoms with van der Waals surface area (Å²) in [6.07, 6.45) is 0.642. The molecule has 0 saturated carbocycles. The van der Waals surface area contributed by atoms with Crippen molar-refractivity contribution in [2.75, 3.05) is 19.1 Å². The fourth-order valence-electron chi connectivity index (χ4n) is 2.90. The summed E-state index contributed by atoms with van der Waals surface area (Å²) in [4.78, 5) is 14.3. The molecule has 0 unspecified atom stereocenters. The monoisotopic (exact) mass is 345 g/mol. The highest BCUT2D eigenvalue weighted by Crippen LogP contribution is 2.39. The molecular weight excluding hydrogens is 330 g/mol. The van der Waals surface area contributed by atoms with Crippen LogP contribution in [0.15, 0.2) is 46.9 Å². The maximum Gasteiger partial charge on any atom is 0.234 e. The van der Waals surface area contributed by atoms with E-state index in [0.717, 1.165) is 27.0 Å². The van der Waals surface area contributed by atoms with Gasteiger partial charge in [-0.25, -0.2) is 0 Å². The molecule has 0 bridgehead atoms. The summed E-state index contributed by atoms with van der Waals surface area (Å²) < 4.78 is 6.41. The predicted octanol–water partition coefficient (Wildman–Crippen LogP) is 3.76. The fourth-order valence-corrected chi connectivity index (χ4v) is 3.31. The fraction of sp³-hybridized carbons (Fsp3) is 0.235. The van der Waals surface area contributed by atoms with E-state index in [1.807, 2.05) is 49.5 Å². The van der Waals surface area contributed by atoms with Crippen LogP contribution < -0.4 is 9.64 Å². The van der Waals surface area contributed by atoms with Gasteiger partial charge in [0.25, 0.3) is 0 Å². The van der Waals surface area contributed by atoms with Gasteiger partial charge in [0.1, 0.15) is 5.75 Å². The Labute approximate surface area is 132 Å². The zero-order valence-corrected chi connectivity index (χ0v) is 13.6. The second kappa shape index (κ2) is 5.53. The summed E-state index contributed by atoms with van der Waals surface area (Å²) >= 11 is 3.48. The van der Waals surface area contributed by atoms with Crippen LogP contribution in [0, 0.1) is 0 Å². The molecule has 2 aromatic carbocycles. The number of carbonyl (C=O) groups excluding carboxylic acids is 1. The molecule has 1 aliphatic rings. The van der Waals surface area contributed by atoms with Crippen molar-refractivity contribution in [3.63, 3.8) is 0 Å². The van der Waals surface area contributed by atoms with Crippen molar-refractivity contribution >= 4 is 27.5 Å². The van der Waals surface area contributed by atoms with E-state index in [-0.39, 0.29) is 11.8 Å². The lowest BCUT2D eigenvalue weighted by atomic mass is 9.93. The van der Waals surface area contributed by atoms with Gasteiger partial charge in [-0.3, -0.25) is 4.79 Å². The maximum atomic E-state index is 12.5. The van der Waals surface area contributed by atoms with Gasteiger partial charge >= 0.3 is 0 Å². The van der Waals surface area contributed by atoms with Gasteiger partial charge in [0, 0.05) is 17.2 Å². The number of fused-ring (bicyclic) bond motifs is 1. The van der Waals surface area contributed by atoms with Crippen LogP contribution in [0.3, 0.4) is 0 Å². The third-order valence-corrected chi connectivity index (χ3v) is 4.46. The Morgan fingerprint density at radius 1 is 1.24 bits per heavy atom. The molecule has 1 amide bonds. The minimum absolute atomic E-state index is 0.137. The Kier molecular flexibility index (Phi) is 3.72. The Hall–Kier alpha value is -1.81. The van der Waals surface area contributed by atoms with Crippen molar-refractivity contribution in [1.82, 2.24) is 0 Å². The highest BCUT2D eigenvalue weighted by atomic mass is 79.9. The van der Waals surface area contributed by atoms with Crippen molar-refractivity contribution in [3.05, 3.63) is 58.1 Å². The number of nitrogens with zero attached hydrogens (tertiary/aromatic N) is 1. The number of methoxy groups -OCH3 is 1. The Bertz CT molecular complexity index is 699. The molecule has 108 valence electrons. The third kappa shape index (κ3) is 2.44. The molecule has 0 N–H and O–H groups in total. The van der Waals surface area contributed by atoms with Crippen LogP contribution in [0.1, 0.15) is 17.0 Å². The van der Waals surface area contributed by atoms with Gasteiger partial charge in [0.2, 0.25) is 5.91 Å². The number of amides is 1. The summed E-state index contributed by atoms with van der Waals surface area (Å²) in [5.74, 6) is 0.811. The lowest BCUT2D eigenvalue weighted by Crippen LogP contribution is -2.25. The summed E-state index contributed by atoms with van der Waals surface area (Å²) in [6, 6.07) is 13.9. The minimum Gasteiger partial charge on any atom is -0.496 e. The molecule has 0 saturated heterocycles. The number of carbonyl (C=O) groups is 1. The molecule has 0 spiro atoms. The number of benzene rings is 2. The van der Waals surface area contributed by atoms with Crippen LogP contribution in [-0.2, 0) is 11.2 Å². The van der Waals surface area contributed by atoms with Gasteiger partial charge in [0.15, 0.2) is 0 Å². The van der Waals surface area contributed by atoms with Crippen LogP contribution in [-0.4, -0.2) is 20.1 Å². The van der Waals surface area contributed by atoms with Gasteiger partial charge in [-0.05, 0) is 41.8 Å². The summed E-state index contributed by atoms with van der Waals surface area (Å²) in [7, 11) is 3.49. The van der Waals surface area contributed by atoms with Gasteiger partial charge in [0.05, 0.1) is 13.0 Å². The molecule has 21 heavy (non-hydrogen) atoms. The lowest BCUT2D eigenvalue weighted by molar-refractivity contribution is -0.119. The third-order valence-electron chi connectivity index (χ3n) is 3.97. The van der Waals surface area contributed by atoms with Gasteiger partial charge < -0.3 is 9.64 Å². The maximum absolute atomic E-state index is 12.5. The molecule has 1 heterocycles. The number of para-hydroxylation sites is 1. The first-order chi connectivity index (χ1) is 10.1. The second-order valence-electron chi connectivity index (χ2n) is 5.17. The van der Waals surface area contributed by atoms with Crippen LogP contribution in [0.4, 0.5) is 5.69 Å². The number of halogens is 1. The average Bonchev–Trinajstić information content (AvgIpc) is 2.73. The van der Waals surface area contributed by atoms with Crippen LogP contribution in [0.2, 0.25) is 0 Å². The van der Waals surface area contributed by atoms with E-state index in [9.17, 15) is 4.79 Å². The summed E-state index contributed by atoms with van der Waals surface area (Å²) in [5.41, 5.74) is 3.13. The highest BCUT2D eigenvalue weighted by Gasteiger charge is 2.35. The van der Waals surface area contributed by atoms with Gasteiger partial charge in [-0.1, -0.05) is 34.1 Å². The number of rotatable bonds is 3. The van der Waals surface area contributed by atoms with Crippen molar-refractivity contribution in [1.29, 1.82) is 0 Å². The number of likely N-dealkylation sites (N-methyl/N-ethyl adjacent to an activating group) is 1. The molecule has 3 rings (SSSR count). The largest absolute Gasteiger partial charge is 0.496 e. The molecular formula is C17H16BrNO2. The smallest absolute Gasteiger partial charge is 0.234 e. The average molecular weight is 346 g/mol. The molecule has 3 nitrogen and oxygen atoms in total. The van der Waals surface area contributed by atoms with E-state index in [2.05, 4.69) is 15.9 Å². The Morgan fingerprint density at radius 2 is 2.00 bits per heavy atom. The van der Waals surface area contributed by atoms with Gasteiger partial charge in [-0.2, -0.15) is 0 Å². The molecule has 0 fully saturated rings. The first-order valence-electron chi connectivity index (χ1n) is 6.80. The van der Waals surface area contributed by atoms with E-state index in [1.54, 1.807) is 12.0 Å². The normalized spacial score (nSPS) is 17.0. The number of hydrogen-bond donors (Lipinski definition) is 0. The van der Waals surface area contributed by atoms with Crippen molar-refractivity contribution in [3.8, 4) is 5.75 Å². The molecule has 1 atom stereocenters. The SMILES string of the molecule is COc1ccc(Br)cc1C[C@@H]1C(=O)N(C)c2ccccc21. The zero-order valence-electron chi connectivity index (χ0n) is 12.0. The summed E-state index contributed by atoms with van der Waals surface area (Å²) in [6.45, 7) is 0. The number of ether oxygens (including phenoxy) is 1. The molecule has 4 heteroatoms. The van der Waals surface area contributed by atoms with Crippen LogP contribution in [0.5, 0.6) is 5.75 Å². The predicted molar refractivity (Wildman–Crippen MR) is 87.0 cm³/mol. The van der Waals surface area contributed by atoms with Crippen LogP contribution in [0.25, 0.3) is 0 Å². The van der Waals surface area contributed by atoms with Crippen LogP contribution >= 0.6 is 15.9 Å². The topological polar surface area (TPSA) is 29.5 Å². The Morgan fingerprint density at radius 3 is 2.76 bits per heavy atom. The first kappa shape index (κ1) is 14.1. The zero-order chi connectivity index (χ0) is 15.0. The molecule has 0 aliphatic carbocycles. The summed E-state index contributed by atoms with van der Waals surface area (Å²) in [5, 5.41) is 0. The van der Waals surface area contributed by atoms with E-state index >= 15 is 0 Å². The van der Waals surface area contributed by atoms with Crippen molar-refractivity contribution in [2.45, 2.75) is 12.3 Å². The second-order valence-corrected chi connectivity index (χ2v) is 6.08. The van der Waals surface area contributed by atoms with E-state index < -0.39 is 0 Å². The lowest BCUT2D eigenvalue weighted by Gasteiger charge is -2.14. The molecule has 1 aliphatic heterocycles. The van der Waals surface area contributed by atoms with E-state index in [4.69, 9.17) is 4.74 Å². The quantitative estimate of drug-likeness (QED) is 0.847. The Balaban J connectivity index is 1.99. The number of hydrogen-bond acceptors (Lipinski definition) is 2. The minimum atomic E-state index is -0.144. The van der Waals surface area contributed by atoms with Gasteiger partial charge in [-0.15, -0.1) is 0 Å². The highest BCUT2D eigenvalue weighted by molar-refractivity contribution is 9.10. The van der Waals surface area contributed by atoms with E-state index in [0.29, 0.717) is 6.42 Å².